The molecule has 1 aromatic carbocycles. The summed E-state index contributed by atoms with van der Waals surface area (Å²) in [6, 6.07) is 7.97. The maximum absolute atomic E-state index is 12.7. The van der Waals surface area contributed by atoms with Crippen LogP contribution in [0.4, 0.5) is 13.2 Å². The average molecular weight is 330 g/mol. The Bertz CT molecular complexity index is 614. The van der Waals surface area contributed by atoms with Crippen LogP contribution in [0.2, 0.25) is 0 Å². The van der Waals surface area contributed by atoms with Crippen LogP contribution in [-0.4, -0.2) is 17.3 Å². The molecular formula is C14H13F3N2S2. The van der Waals surface area contributed by atoms with Crippen LogP contribution in [0.1, 0.15) is 21.5 Å². The molecule has 1 aliphatic rings. The summed E-state index contributed by atoms with van der Waals surface area (Å²) >= 11 is 2.44. The third kappa shape index (κ3) is 2.95. The molecule has 2 atom stereocenters. The normalized spacial score (nSPS) is 19.5. The van der Waals surface area contributed by atoms with Gasteiger partial charge in [0.2, 0.25) is 0 Å². The molecule has 0 saturated carbocycles. The van der Waals surface area contributed by atoms with Crippen molar-refractivity contribution < 1.29 is 13.2 Å². The lowest BCUT2D eigenvalue weighted by Gasteiger charge is -2.20. The first-order valence-electron chi connectivity index (χ1n) is 6.44. The van der Waals surface area contributed by atoms with Gasteiger partial charge in [-0.1, -0.05) is 18.2 Å². The van der Waals surface area contributed by atoms with E-state index < -0.39 is 11.2 Å². The largest absolute Gasteiger partial charge is 0.443 e. The standard InChI is InChI=1S/C14H13F3N2S2/c1-18-12(11-7-19-13(21-11)14(15,16)17)10-6-8-4-2-3-5-9(8)20-10/h2-5,7,10,12,18H,6H2,1H3. The Morgan fingerprint density at radius 3 is 2.71 bits per heavy atom. The molecule has 2 aromatic rings. The highest BCUT2D eigenvalue weighted by molar-refractivity contribution is 8.00. The minimum Gasteiger partial charge on any atom is -0.311 e. The summed E-state index contributed by atoms with van der Waals surface area (Å²) in [6.45, 7) is 0. The molecule has 0 spiro atoms. The number of benzene rings is 1. The molecule has 7 heteroatoms. The first kappa shape index (κ1) is 14.9. The van der Waals surface area contributed by atoms with Crippen LogP contribution in [0, 0.1) is 0 Å². The van der Waals surface area contributed by atoms with Gasteiger partial charge in [-0.25, -0.2) is 4.98 Å². The summed E-state index contributed by atoms with van der Waals surface area (Å²) in [5, 5.41) is 2.55. The number of nitrogens with one attached hydrogen (secondary N) is 1. The Hall–Kier alpha value is -1.05. The monoisotopic (exact) mass is 330 g/mol. The predicted molar refractivity (Wildman–Crippen MR) is 78.7 cm³/mol. The average Bonchev–Trinajstić information content (AvgIpc) is 3.05. The third-order valence-electron chi connectivity index (χ3n) is 3.43. The molecule has 0 fully saturated rings. The van der Waals surface area contributed by atoms with Crippen molar-refractivity contribution in [2.24, 2.45) is 0 Å². The van der Waals surface area contributed by atoms with E-state index in [9.17, 15) is 13.2 Å². The fraction of sp³-hybridized carbons (Fsp3) is 0.357. The number of thiazole rings is 1. The number of nitrogens with zero attached hydrogens (tertiary/aromatic N) is 1. The molecule has 0 radical (unpaired) electrons. The highest BCUT2D eigenvalue weighted by Gasteiger charge is 2.37. The van der Waals surface area contributed by atoms with Crippen molar-refractivity contribution in [3.8, 4) is 0 Å². The van der Waals surface area contributed by atoms with Crippen molar-refractivity contribution in [3.05, 3.63) is 45.9 Å². The third-order valence-corrected chi connectivity index (χ3v) is 5.95. The molecule has 1 aromatic heterocycles. The Balaban J connectivity index is 1.82. The topological polar surface area (TPSA) is 24.9 Å². The number of aromatic nitrogens is 1. The summed E-state index contributed by atoms with van der Waals surface area (Å²) in [4.78, 5) is 5.37. The van der Waals surface area contributed by atoms with E-state index in [2.05, 4.69) is 22.4 Å². The van der Waals surface area contributed by atoms with E-state index in [0.29, 0.717) is 4.88 Å². The van der Waals surface area contributed by atoms with Gasteiger partial charge in [0, 0.05) is 21.2 Å². The van der Waals surface area contributed by atoms with Crippen molar-refractivity contribution in [3.63, 3.8) is 0 Å². The Labute approximate surface area is 128 Å². The van der Waals surface area contributed by atoms with Crippen LogP contribution in [-0.2, 0) is 12.6 Å². The molecule has 0 aliphatic carbocycles. The number of halogens is 3. The molecule has 3 rings (SSSR count). The number of alkyl halides is 3. The molecule has 1 N–H and O–H groups in total. The molecule has 0 amide bonds. The summed E-state index contributed by atoms with van der Waals surface area (Å²) < 4.78 is 38.0. The minimum atomic E-state index is -4.37. The van der Waals surface area contributed by atoms with E-state index in [4.69, 9.17) is 0 Å². The number of thioether (sulfide) groups is 1. The van der Waals surface area contributed by atoms with E-state index in [0.717, 1.165) is 17.8 Å². The molecule has 21 heavy (non-hydrogen) atoms. The quantitative estimate of drug-likeness (QED) is 0.915. The lowest BCUT2D eigenvalue weighted by atomic mass is 10.0. The zero-order valence-electron chi connectivity index (χ0n) is 11.1. The van der Waals surface area contributed by atoms with Gasteiger partial charge in [0.25, 0.3) is 0 Å². The lowest BCUT2D eigenvalue weighted by molar-refractivity contribution is -0.137. The van der Waals surface area contributed by atoms with Crippen molar-refractivity contribution in [1.29, 1.82) is 0 Å². The first-order valence-corrected chi connectivity index (χ1v) is 8.13. The predicted octanol–water partition coefficient (Wildman–Crippen LogP) is 4.14. The SMILES string of the molecule is CNC(c1cnc(C(F)(F)F)s1)C1Cc2ccccc2S1. The van der Waals surface area contributed by atoms with Gasteiger partial charge in [-0.15, -0.1) is 23.1 Å². The highest BCUT2D eigenvalue weighted by Crippen LogP contribution is 2.44. The summed E-state index contributed by atoms with van der Waals surface area (Å²) in [6.07, 6.45) is -2.17. The second-order valence-corrected chi connectivity index (χ2v) is 7.14. The molecule has 112 valence electrons. The van der Waals surface area contributed by atoms with Gasteiger partial charge >= 0.3 is 6.18 Å². The van der Waals surface area contributed by atoms with Crippen molar-refractivity contribution in [2.75, 3.05) is 7.05 Å². The van der Waals surface area contributed by atoms with Crippen LogP contribution in [0.15, 0.2) is 35.4 Å². The fourth-order valence-corrected chi connectivity index (χ4v) is 4.98. The molecule has 1 aliphatic heterocycles. The van der Waals surface area contributed by atoms with Gasteiger partial charge in [-0.05, 0) is 25.1 Å². The summed E-state index contributed by atoms with van der Waals surface area (Å²) in [5.41, 5.74) is 1.26. The van der Waals surface area contributed by atoms with Crippen molar-refractivity contribution in [2.45, 2.75) is 28.8 Å². The maximum Gasteiger partial charge on any atom is 0.443 e. The Morgan fingerprint density at radius 2 is 2.10 bits per heavy atom. The second kappa shape index (κ2) is 5.62. The van der Waals surface area contributed by atoms with E-state index >= 15 is 0 Å². The lowest BCUT2D eigenvalue weighted by Crippen LogP contribution is -2.26. The Morgan fingerprint density at radius 1 is 1.33 bits per heavy atom. The van der Waals surface area contributed by atoms with E-state index in [1.54, 1.807) is 18.8 Å². The Kier molecular flexibility index (Phi) is 3.98. The first-order chi connectivity index (χ1) is 9.99. The zero-order valence-corrected chi connectivity index (χ0v) is 12.8. The molecule has 2 unspecified atom stereocenters. The number of rotatable bonds is 3. The number of hydrogen-bond donors (Lipinski definition) is 1. The van der Waals surface area contributed by atoms with Crippen LogP contribution < -0.4 is 5.32 Å². The maximum atomic E-state index is 12.7. The molecule has 2 heterocycles. The summed E-state index contributed by atoms with van der Waals surface area (Å²) in [5.74, 6) is 0. The van der Waals surface area contributed by atoms with E-state index in [-0.39, 0.29) is 11.3 Å². The number of fused-ring (bicyclic) bond motifs is 1. The van der Waals surface area contributed by atoms with Gasteiger partial charge in [0.1, 0.15) is 0 Å². The van der Waals surface area contributed by atoms with Crippen LogP contribution in [0.3, 0.4) is 0 Å². The molecule has 0 saturated heterocycles. The van der Waals surface area contributed by atoms with Crippen LogP contribution in [0.5, 0.6) is 0 Å². The van der Waals surface area contributed by atoms with Crippen molar-refractivity contribution >= 4 is 23.1 Å². The van der Waals surface area contributed by atoms with Gasteiger partial charge in [0.15, 0.2) is 5.01 Å². The molecule has 0 bridgehead atoms. The molecule has 2 nitrogen and oxygen atoms in total. The smallest absolute Gasteiger partial charge is 0.311 e. The zero-order chi connectivity index (χ0) is 15.0. The molecular weight excluding hydrogens is 317 g/mol. The second-order valence-electron chi connectivity index (χ2n) is 4.80. The minimum absolute atomic E-state index is 0.129. The van der Waals surface area contributed by atoms with Crippen molar-refractivity contribution in [1.82, 2.24) is 10.3 Å². The van der Waals surface area contributed by atoms with Gasteiger partial charge in [0.05, 0.1) is 6.04 Å². The highest BCUT2D eigenvalue weighted by atomic mass is 32.2. The van der Waals surface area contributed by atoms with Gasteiger partial charge in [-0.3, -0.25) is 0 Å². The van der Waals surface area contributed by atoms with Gasteiger partial charge in [-0.2, -0.15) is 13.2 Å². The van der Waals surface area contributed by atoms with Gasteiger partial charge < -0.3 is 5.32 Å². The van der Waals surface area contributed by atoms with E-state index in [1.165, 1.54) is 16.7 Å². The fourth-order valence-electron chi connectivity index (χ4n) is 2.47. The van der Waals surface area contributed by atoms with E-state index in [1.807, 2.05) is 12.1 Å². The number of hydrogen-bond acceptors (Lipinski definition) is 4. The van der Waals surface area contributed by atoms with Crippen LogP contribution >= 0.6 is 23.1 Å². The van der Waals surface area contributed by atoms with Crippen LogP contribution in [0.25, 0.3) is 0 Å². The summed E-state index contributed by atoms with van der Waals surface area (Å²) in [7, 11) is 1.78.